The van der Waals surface area contributed by atoms with E-state index in [-0.39, 0.29) is 5.91 Å². The van der Waals surface area contributed by atoms with Gasteiger partial charge in [-0.2, -0.15) is 0 Å². The number of benzene rings is 2. The van der Waals surface area contributed by atoms with Gasteiger partial charge in [-0.15, -0.1) is 0 Å². The fourth-order valence-electron chi connectivity index (χ4n) is 2.32. The number of anilines is 1. The van der Waals surface area contributed by atoms with Crippen molar-refractivity contribution in [2.75, 3.05) is 18.4 Å². The highest BCUT2D eigenvalue weighted by Crippen LogP contribution is 2.13. The van der Waals surface area contributed by atoms with Gasteiger partial charge in [0.05, 0.1) is 19.5 Å². The Kier molecular flexibility index (Phi) is 6.44. The van der Waals surface area contributed by atoms with E-state index in [1.165, 1.54) is 10.5 Å². The average Bonchev–Trinajstić information content (AvgIpc) is 2.54. The largest absolute Gasteiger partial charge is 0.331 e. The molecule has 1 amide bonds. The van der Waals surface area contributed by atoms with Crippen molar-refractivity contribution >= 4 is 23.2 Å². The van der Waals surface area contributed by atoms with Crippen LogP contribution in [0.3, 0.4) is 0 Å². The molecule has 0 aliphatic heterocycles. The van der Waals surface area contributed by atoms with Crippen LogP contribution in [-0.2, 0) is 11.3 Å². The van der Waals surface area contributed by atoms with Gasteiger partial charge in [0, 0.05) is 16.3 Å². The van der Waals surface area contributed by atoms with E-state index in [0.717, 1.165) is 25.3 Å². The molecule has 0 spiro atoms. The quantitative estimate of drug-likeness (QED) is 0.809. The molecular weight excluding hydrogens is 296 g/mol. The molecule has 116 valence electrons. The van der Waals surface area contributed by atoms with Crippen molar-refractivity contribution in [3.8, 4) is 0 Å². The maximum Gasteiger partial charge on any atom is 0.230 e. The third kappa shape index (κ3) is 5.51. The molecule has 0 aromatic heterocycles. The van der Waals surface area contributed by atoms with Gasteiger partial charge >= 0.3 is 0 Å². The van der Waals surface area contributed by atoms with Gasteiger partial charge in [-0.3, -0.25) is 4.79 Å². The smallest absolute Gasteiger partial charge is 0.230 e. The number of halogens is 1. The van der Waals surface area contributed by atoms with Crippen LogP contribution in [0.5, 0.6) is 0 Å². The van der Waals surface area contributed by atoms with E-state index in [4.69, 9.17) is 11.6 Å². The summed E-state index contributed by atoms with van der Waals surface area (Å²) in [4.78, 5) is 13.4. The topological polar surface area (TPSA) is 33.5 Å². The Hall–Kier alpha value is -1.84. The molecule has 0 saturated heterocycles. The van der Waals surface area contributed by atoms with Gasteiger partial charge in [0.1, 0.15) is 6.54 Å². The Morgan fingerprint density at radius 3 is 2.41 bits per heavy atom. The lowest BCUT2D eigenvalue weighted by atomic mass is 10.2. The second-order valence-electron chi connectivity index (χ2n) is 5.32. The Morgan fingerprint density at radius 1 is 1.09 bits per heavy atom. The lowest BCUT2D eigenvalue weighted by molar-refractivity contribution is -0.911. The predicted octanol–water partition coefficient (Wildman–Crippen LogP) is 2.77. The van der Waals surface area contributed by atoms with Crippen LogP contribution >= 0.6 is 11.6 Å². The fraction of sp³-hybridized carbons (Fsp3) is 0.278. The third-order valence-electron chi connectivity index (χ3n) is 3.63. The van der Waals surface area contributed by atoms with E-state index in [1.54, 1.807) is 12.1 Å². The molecule has 4 heteroatoms. The first-order chi connectivity index (χ1) is 10.7. The Bertz CT molecular complexity index is 584. The van der Waals surface area contributed by atoms with Gasteiger partial charge in [-0.25, -0.2) is 0 Å². The van der Waals surface area contributed by atoms with Gasteiger partial charge in [0.2, 0.25) is 5.91 Å². The molecule has 2 aromatic carbocycles. The SMILES string of the molecule is CC[NH+](CCC(=O)Nc1ccc(Cl)cc1)Cc1ccccc1. The van der Waals surface area contributed by atoms with Crippen LogP contribution in [-0.4, -0.2) is 19.0 Å². The molecule has 0 saturated carbocycles. The lowest BCUT2D eigenvalue weighted by Gasteiger charge is -2.17. The maximum absolute atomic E-state index is 12.0. The number of carbonyl (C=O) groups excluding carboxylic acids is 1. The van der Waals surface area contributed by atoms with Gasteiger partial charge in [0.25, 0.3) is 0 Å². The first kappa shape index (κ1) is 16.5. The van der Waals surface area contributed by atoms with E-state index >= 15 is 0 Å². The number of nitrogens with one attached hydrogen (secondary N) is 2. The summed E-state index contributed by atoms with van der Waals surface area (Å²) in [5.74, 6) is 0.0429. The number of amides is 1. The molecular formula is C18H22ClN2O+. The van der Waals surface area contributed by atoms with Crippen LogP contribution in [0.25, 0.3) is 0 Å². The molecule has 22 heavy (non-hydrogen) atoms. The second kappa shape index (κ2) is 8.57. The van der Waals surface area contributed by atoms with Crippen molar-refractivity contribution in [1.82, 2.24) is 0 Å². The molecule has 2 rings (SSSR count). The zero-order chi connectivity index (χ0) is 15.8. The summed E-state index contributed by atoms with van der Waals surface area (Å²) in [6.45, 7) is 4.93. The minimum Gasteiger partial charge on any atom is -0.331 e. The molecule has 3 nitrogen and oxygen atoms in total. The van der Waals surface area contributed by atoms with Crippen LogP contribution < -0.4 is 10.2 Å². The van der Waals surface area contributed by atoms with Crippen LogP contribution in [0, 0.1) is 0 Å². The molecule has 0 radical (unpaired) electrons. The fourth-order valence-corrected chi connectivity index (χ4v) is 2.45. The zero-order valence-electron chi connectivity index (χ0n) is 12.8. The van der Waals surface area contributed by atoms with Crippen molar-refractivity contribution < 1.29 is 9.69 Å². The van der Waals surface area contributed by atoms with E-state index in [2.05, 4.69) is 36.5 Å². The van der Waals surface area contributed by atoms with Crippen molar-refractivity contribution in [2.45, 2.75) is 19.9 Å². The van der Waals surface area contributed by atoms with Crippen molar-refractivity contribution in [3.05, 3.63) is 65.2 Å². The lowest BCUT2D eigenvalue weighted by Crippen LogP contribution is -3.10. The molecule has 0 heterocycles. The number of quaternary nitrogens is 1. The molecule has 0 aliphatic rings. The normalized spacial score (nSPS) is 11.9. The van der Waals surface area contributed by atoms with E-state index in [9.17, 15) is 4.79 Å². The average molecular weight is 318 g/mol. The zero-order valence-corrected chi connectivity index (χ0v) is 13.6. The van der Waals surface area contributed by atoms with E-state index in [0.29, 0.717) is 11.4 Å². The highest BCUT2D eigenvalue weighted by Gasteiger charge is 2.10. The van der Waals surface area contributed by atoms with Gasteiger partial charge in [-0.1, -0.05) is 41.9 Å². The minimum atomic E-state index is 0.0429. The number of hydrogen-bond donors (Lipinski definition) is 2. The summed E-state index contributed by atoms with van der Waals surface area (Å²) in [5.41, 5.74) is 2.09. The minimum absolute atomic E-state index is 0.0429. The molecule has 0 aliphatic carbocycles. The predicted molar refractivity (Wildman–Crippen MR) is 91.2 cm³/mol. The maximum atomic E-state index is 12.0. The molecule has 1 atom stereocenters. The van der Waals surface area contributed by atoms with Gasteiger partial charge in [0.15, 0.2) is 0 Å². The Balaban J connectivity index is 1.79. The van der Waals surface area contributed by atoms with E-state index < -0.39 is 0 Å². The van der Waals surface area contributed by atoms with Crippen LogP contribution in [0.4, 0.5) is 5.69 Å². The molecule has 0 bridgehead atoms. The summed E-state index contributed by atoms with van der Waals surface area (Å²) < 4.78 is 0. The highest BCUT2D eigenvalue weighted by molar-refractivity contribution is 6.30. The Morgan fingerprint density at radius 2 is 1.77 bits per heavy atom. The molecule has 1 unspecified atom stereocenters. The summed E-state index contributed by atoms with van der Waals surface area (Å²) >= 11 is 5.83. The number of rotatable bonds is 7. The first-order valence-corrected chi connectivity index (χ1v) is 7.98. The van der Waals surface area contributed by atoms with Crippen molar-refractivity contribution in [3.63, 3.8) is 0 Å². The molecule has 0 fully saturated rings. The van der Waals surface area contributed by atoms with Gasteiger partial charge in [-0.05, 0) is 31.2 Å². The first-order valence-electron chi connectivity index (χ1n) is 7.60. The molecule has 2 N–H and O–H groups in total. The second-order valence-corrected chi connectivity index (χ2v) is 5.76. The highest BCUT2D eigenvalue weighted by atomic mass is 35.5. The summed E-state index contributed by atoms with van der Waals surface area (Å²) in [7, 11) is 0. The summed E-state index contributed by atoms with van der Waals surface area (Å²) in [6, 6.07) is 17.6. The van der Waals surface area contributed by atoms with Crippen LogP contribution in [0.2, 0.25) is 5.02 Å². The van der Waals surface area contributed by atoms with Crippen LogP contribution in [0.1, 0.15) is 18.9 Å². The molecule has 2 aromatic rings. The third-order valence-corrected chi connectivity index (χ3v) is 3.88. The van der Waals surface area contributed by atoms with Crippen molar-refractivity contribution in [1.29, 1.82) is 0 Å². The standard InChI is InChI=1S/C18H21ClN2O/c1-2-21(14-15-6-4-3-5-7-15)13-12-18(22)20-17-10-8-16(19)9-11-17/h3-11H,2,12-14H2,1H3,(H,20,22)/p+1. The monoisotopic (exact) mass is 317 g/mol. The van der Waals surface area contributed by atoms with E-state index in [1.807, 2.05) is 18.2 Å². The van der Waals surface area contributed by atoms with Crippen LogP contribution in [0.15, 0.2) is 54.6 Å². The van der Waals surface area contributed by atoms with Crippen molar-refractivity contribution in [2.24, 2.45) is 0 Å². The summed E-state index contributed by atoms with van der Waals surface area (Å²) in [6.07, 6.45) is 0.513. The van der Waals surface area contributed by atoms with Gasteiger partial charge < -0.3 is 10.2 Å². The Labute approximate surface area is 136 Å². The summed E-state index contributed by atoms with van der Waals surface area (Å²) in [5, 5.41) is 3.57. The number of carbonyl (C=O) groups is 1. The number of hydrogen-bond acceptors (Lipinski definition) is 1.